The van der Waals surface area contributed by atoms with Gasteiger partial charge in [-0.05, 0) is 18.8 Å². The van der Waals surface area contributed by atoms with Crippen molar-refractivity contribution in [1.29, 1.82) is 0 Å². The molecule has 0 heterocycles. The first kappa shape index (κ1) is 24.4. The Morgan fingerprint density at radius 2 is 1.46 bits per heavy atom. The highest BCUT2D eigenvalue weighted by molar-refractivity contribution is 7.80. The second-order valence-corrected chi connectivity index (χ2v) is 7.19. The van der Waals surface area contributed by atoms with Gasteiger partial charge in [0.1, 0.15) is 18.4 Å². The van der Waals surface area contributed by atoms with E-state index in [1.807, 2.05) is 13.8 Å². The molecular weight excluding hydrogens is 356 g/mol. The van der Waals surface area contributed by atoms with Crippen LogP contribution in [0.2, 0.25) is 0 Å². The molecule has 0 saturated carbocycles. The Balaban J connectivity index is 5.26. The van der Waals surface area contributed by atoms with Crippen molar-refractivity contribution in [2.24, 2.45) is 17.6 Å². The minimum absolute atomic E-state index is 0.145. The minimum Gasteiger partial charge on any atom is -0.344 e. The van der Waals surface area contributed by atoms with E-state index in [1.165, 1.54) is 6.92 Å². The zero-order valence-electron chi connectivity index (χ0n) is 16.1. The van der Waals surface area contributed by atoms with Crippen molar-refractivity contribution in [3.8, 4) is 0 Å². The van der Waals surface area contributed by atoms with Crippen molar-refractivity contribution >= 4 is 36.6 Å². The van der Waals surface area contributed by atoms with Crippen LogP contribution in [0, 0.1) is 11.8 Å². The van der Waals surface area contributed by atoms with Gasteiger partial charge in [0.2, 0.25) is 17.7 Å². The van der Waals surface area contributed by atoms with Crippen LogP contribution in [0.15, 0.2) is 0 Å². The second kappa shape index (κ2) is 11.9. The Morgan fingerprint density at radius 1 is 0.962 bits per heavy atom. The summed E-state index contributed by atoms with van der Waals surface area (Å²) < 4.78 is 0. The van der Waals surface area contributed by atoms with E-state index in [2.05, 4.69) is 28.6 Å². The molecule has 0 aliphatic carbocycles. The van der Waals surface area contributed by atoms with E-state index in [0.717, 1.165) is 0 Å². The number of rotatable bonds is 11. The van der Waals surface area contributed by atoms with Gasteiger partial charge in [-0.15, -0.1) is 0 Å². The maximum absolute atomic E-state index is 12.7. The van der Waals surface area contributed by atoms with E-state index in [9.17, 15) is 19.2 Å². The van der Waals surface area contributed by atoms with Gasteiger partial charge in [0, 0.05) is 5.75 Å². The van der Waals surface area contributed by atoms with Crippen LogP contribution in [0.1, 0.15) is 41.0 Å². The molecule has 3 amide bonds. The van der Waals surface area contributed by atoms with Gasteiger partial charge in [-0.1, -0.05) is 34.1 Å². The maximum atomic E-state index is 12.7. The summed E-state index contributed by atoms with van der Waals surface area (Å²) in [6.45, 7) is 8.82. The molecule has 26 heavy (non-hydrogen) atoms. The summed E-state index contributed by atoms with van der Waals surface area (Å²) in [5, 5.41) is 7.86. The Kier molecular flexibility index (Phi) is 11.2. The van der Waals surface area contributed by atoms with E-state index < -0.39 is 41.9 Å². The summed E-state index contributed by atoms with van der Waals surface area (Å²) in [6, 6.07) is -3.13. The summed E-state index contributed by atoms with van der Waals surface area (Å²) in [4.78, 5) is 47.9. The van der Waals surface area contributed by atoms with Crippen molar-refractivity contribution in [1.82, 2.24) is 16.0 Å². The SMILES string of the molecule is CC[C@H](C)[C@H](NC(=O)[C@H](C)N)C(=O)N[C@H](C(=O)N[C@H](C=O)CS)C(C)C. The van der Waals surface area contributed by atoms with E-state index in [4.69, 9.17) is 5.73 Å². The first-order valence-electron chi connectivity index (χ1n) is 8.81. The van der Waals surface area contributed by atoms with Gasteiger partial charge in [0.25, 0.3) is 0 Å². The van der Waals surface area contributed by atoms with Gasteiger partial charge in [-0.3, -0.25) is 14.4 Å². The third-order valence-electron chi connectivity index (χ3n) is 4.14. The van der Waals surface area contributed by atoms with Crippen LogP contribution in [-0.4, -0.2) is 53.9 Å². The monoisotopic (exact) mass is 388 g/mol. The van der Waals surface area contributed by atoms with Gasteiger partial charge in [-0.2, -0.15) is 12.6 Å². The van der Waals surface area contributed by atoms with Crippen LogP contribution in [0.3, 0.4) is 0 Å². The van der Waals surface area contributed by atoms with E-state index in [1.54, 1.807) is 13.8 Å². The molecule has 0 radical (unpaired) electrons. The molecule has 5 atom stereocenters. The average Bonchev–Trinajstić information content (AvgIpc) is 2.60. The lowest BCUT2D eigenvalue weighted by atomic mass is 9.96. The second-order valence-electron chi connectivity index (χ2n) is 6.82. The standard InChI is InChI=1S/C17H32N4O4S/c1-6-10(4)14(21-15(23)11(5)18)17(25)20-13(9(2)3)16(24)19-12(7-22)8-26/h7,9-14,26H,6,8,18H2,1-5H3,(H,19,24)(H,20,25)(H,21,23)/t10-,11-,12+,13-,14-/m0/s1. The zero-order valence-corrected chi connectivity index (χ0v) is 17.0. The van der Waals surface area contributed by atoms with Crippen LogP contribution in [0.5, 0.6) is 0 Å². The highest BCUT2D eigenvalue weighted by atomic mass is 32.1. The van der Waals surface area contributed by atoms with Crippen LogP contribution in [0.25, 0.3) is 0 Å². The summed E-state index contributed by atoms with van der Waals surface area (Å²) in [5.41, 5.74) is 5.56. The Bertz CT molecular complexity index is 499. The highest BCUT2D eigenvalue weighted by Gasteiger charge is 2.32. The molecule has 0 unspecified atom stereocenters. The number of hydrogen-bond donors (Lipinski definition) is 5. The number of amides is 3. The number of carbonyl (C=O) groups is 4. The van der Waals surface area contributed by atoms with Crippen LogP contribution >= 0.6 is 12.6 Å². The number of aldehydes is 1. The van der Waals surface area contributed by atoms with E-state index >= 15 is 0 Å². The molecule has 0 spiro atoms. The molecule has 0 aromatic carbocycles. The van der Waals surface area contributed by atoms with Crippen molar-refractivity contribution in [3.63, 3.8) is 0 Å². The third-order valence-corrected chi connectivity index (χ3v) is 4.54. The van der Waals surface area contributed by atoms with Crippen molar-refractivity contribution in [2.75, 3.05) is 5.75 Å². The Hall–Kier alpha value is -1.61. The van der Waals surface area contributed by atoms with Crippen LogP contribution in [0.4, 0.5) is 0 Å². The molecule has 0 rings (SSSR count). The number of nitrogens with one attached hydrogen (secondary N) is 3. The third kappa shape index (κ3) is 7.74. The normalized spacial score (nSPS) is 16.8. The number of hydrogen-bond acceptors (Lipinski definition) is 6. The van der Waals surface area contributed by atoms with E-state index in [0.29, 0.717) is 12.7 Å². The number of carbonyl (C=O) groups excluding carboxylic acids is 4. The molecule has 0 bridgehead atoms. The summed E-state index contributed by atoms with van der Waals surface area (Å²) >= 11 is 4.00. The molecule has 5 N–H and O–H groups in total. The van der Waals surface area contributed by atoms with Gasteiger partial charge in [0.05, 0.1) is 12.1 Å². The van der Waals surface area contributed by atoms with Crippen LogP contribution in [-0.2, 0) is 19.2 Å². The van der Waals surface area contributed by atoms with Crippen molar-refractivity contribution < 1.29 is 19.2 Å². The minimum atomic E-state index is -0.844. The predicted octanol–water partition coefficient (Wildman–Crippen LogP) is -0.381. The molecule has 0 aliphatic rings. The molecule has 0 aromatic heterocycles. The highest BCUT2D eigenvalue weighted by Crippen LogP contribution is 2.10. The quantitative estimate of drug-likeness (QED) is 0.243. The smallest absolute Gasteiger partial charge is 0.243 e. The van der Waals surface area contributed by atoms with Gasteiger partial charge in [0.15, 0.2) is 0 Å². The van der Waals surface area contributed by atoms with Gasteiger partial charge < -0.3 is 26.5 Å². The average molecular weight is 389 g/mol. The summed E-state index contributed by atoms with van der Waals surface area (Å²) in [5.74, 6) is -1.57. The lowest BCUT2D eigenvalue weighted by Gasteiger charge is -2.28. The molecule has 0 aliphatic heterocycles. The van der Waals surface area contributed by atoms with Crippen molar-refractivity contribution in [3.05, 3.63) is 0 Å². The lowest BCUT2D eigenvalue weighted by Crippen LogP contribution is -2.59. The molecule has 0 fully saturated rings. The summed E-state index contributed by atoms with van der Waals surface area (Å²) in [7, 11) is 0. The predicted molar refractivity (Wildman–Crippen MR) is 104 cm³/mol. The fraction of sp³-hybridized carbons (Fsp3) is 0.765. The van der Waals surface area contributed by atoms with Gasteiger partial charge >= 0.3 is 0 Å². The fourth-order valence-corrected chi connectivity index (χ4v) is 2.34. The maximum Gasteiger partial charge on any atom is 0.243 e. The number of thiol groups is 1. The molecule has 150 valence electrons. The number of nitrogens with two attached hydrogens (primary N) is 1. The Morgan fingerprint density at radius 3 is 1.85 bits per heavy atom. The topological polar surface area (TPSA) is 130 Å². The molecule has 8 nitrogen and oxygen atoms in total. The van der Waals surface area contributed by atoms with Gasteiger partial charge in [-0.25, -0.2) is 0 Å². The largest absolute Gasteiger partial charge is 0.344 e. The lowest BCUT2D eigenvalue weighted by molar-refractivity contribution is -0.134. The molecule has 0 aromatic rings. The van der Waals surface area contributed by atoms with E-state index in [-0.39, 0.29) is 17.6 Å². The van der Waals surface area contributed by atoms with Crippen LogP contribution < -0.4 is 21.7 Å². The first-order valence-corrected chi connectivity index (χ1v) is 9.45. The fourth-order valence-electron chi connectivity index (χ4n) is 2.16. The zero-order chi connectivity index (χ0) is 20.4. The Labute approximate surface area is 160 Å². The molecule has 9 heteroatoms. The summed E-state index contributed by atoms with van der Waals surface area (Å²) in [6.07, 6.45) is 1.25. The van der Waals surface area contributed by atoms with Crippen molar-refractivity contribution in [2.45, 2.75) is 65.2 Å². The molecule has 0 saturated heterocycles. The molecular formula is C17H32N4O4S. The first-order chi connectivity index (χ1) is 12.1.